The third-order valence-electron chi connectivity index (χ3n) is 5.09. The lowest BCUT2D eigenvalue weighted by Gasteiger charge is -2.33. The molecule has 0 spiro atoms. The van der Waals surface area contributed by atoms with Crippen molar-refractivity contribution in [3.63, 3.8) is 0 Å². The Kier molecular flexibility index (Phi) is 5.82. The highest BCUT2D eigenvalue weighted by molar-refractivity contribution is 7.89. The summed E-state index contributed by atoms with van der Waals surface area (Å²) in [5.41, 5.74) is 0.931. The van der Waals surface area contributed by atoms with E-state index >= 15 is 0 Å². The summed E-state index contributed by atoms with van der Waals surface area (Å²) in [6.45, 7) is 6.96. The number of piperazine rings is 1. The Balaban J connectivity index is 1.32. The van der Waals surface area contributed by atoms with Crippen LogP contribution < -0.4 is 0 Å². The van der Waals surface area contributed by atoms with Gasteiger partial charge < -0.3 is 9.42 Å². The fraction of sp³-hybridized carbons (Fsp3) is 0.400. The van der Waals surface area contributed by atoms with Gasteiger partial charge in [-0.15, -0.1) is 11.3 Å². The topological polar surface area (TPSA) is 79.5 Å². The molecule has 7 nitrogen and oxygen atoms in total. The molecule has 0 bridgehead atoms. The molecule has 4 rings (SSSR count). The zero-order valence-electron chi connectivity index (χ0n) is 16.5. The molecule has 1 aliphatic heterocycles. The lowest BCUT2D eigenvalue weighted by Crippen LogP contribution is -2.49. The van der Waals surface area contributed by atoms with Gasteiger partial charge >= 0.3 is 0 Å². The summed E-state index contributed by atoms with van der Waals surface area (Å²) < 4.78 is 32.8. The Bertz CT molecular complexity index is 1070. The third kappa shape index (κ3) is 4.42. The van der Waals surface area contributed by atoms with Crippen LogP contribution in [0.4, 0.5) is 0 Å². The first-order valence-electron chi connectivity index (χ1n) is 9.61. The molecule has 0 aliphatic carbocycles. The maximum atomic E-state index is 12.9. The van der Waals surface area contributed by atoms with Gasteiger partial charge in [-0.1, -0.05) is 35.5 Å². The van der Waals surface area contributed by atoms with Gasteiger partial charge in [0.15, 0.2) is 0 Å². The fourth-order valence-electron chi connectivity index (χ4n) is 3.51. The van der Waals surface area contributed by atoms with E-state index in [2.05, 4.69) is 15.0 Å². The molecule has 3 aromatic rings. The number of hydrogen-bond donors (Lipinski definition) is 0. The zero-order valence-corrected chi connectivity index (χ0v) is 18.2. The van der Waals surface area contributed by atoms with E-state index in [4.69, 9.17) is 4.52 Å². The molecule has 154 valence electrons. The van der Waals surface area contributed by atoms with E-state index < -0.39 is 10.0 Å². The summed E-state index contributed by atoms with van der Waals surface area (Å²) in [7, 11) is -3.41. The van der Waals surface area contributed by atoms with Crippen LogP contribution in [0.5, 0.6) is 0 Å². The number of rotatable bonds is 6. The Morgan fingerprint density at radius 2 is 1.83 bits per heavy atom. The van der Waals surface area contributed by atoms with Crippen LogP contribution in [-0.4, -0.2) is 60.5 Å². The molecule has 9 heteroatoms. The van der Waals surface area contributed by atoms with Crippen molar-refractivity contribution in [2.45, 2.75) is 25.2 Å². The minimum Gasteiger partial charge on any atom is -0.339 e. The molecular formula is C20H24N4O3S2. The molecule has 0 atom stereocenters. The standard InChI is InChI=1S/C20H24N4O3S2/c1-15-14-18(16(2)28-15)29(25,26)24-12-10-23(11-13-24)9-8-19-21-20(22-27-19)17-6-4-3-5-7-17/h3-7,14H,8-13H2,1-2H3. The SMILES string of the molecule is Cc1cc(S(=O)(=O)N2CCN(CCc3nc(-c4ccccc4)no3)CC2)c(C)s1. The zero-order chi connectivity index (χ0) is 20.4. The first-order valence-corrected chi connectivity index (χ1v) is 11.9. The third-order valence-corrected chi connectivity index (χ3v) is 8.21. The molecule has 0 saturated carbocycles. The maximum absolute atomic E-state index is 12.9. The van der Waals surface area contributed by atoms with Gasteiger partial charge in [-0.25, -0.2) is 8.42 Å². The minimum absolute atomic E-state index is 0.452. The molecule has 29 heavy (non-hydrogen) atoms. The summed E-state index contributed by atoms with van der Waals surface area (Å²) in [6.07, 6.45) is 0.648. The average Bonchev–Trinajstić information content (AvgIpc) is 3.34. The van der Waals surface area contributed by atoms with E-state index in [9.17, 15) is 8.42 Å². The second kappa shape index (κ2) is 8.35. The predicted octanol–water partition coefficient (Wildman–Crippen LogP) is 2.96. The van der Waals surface area contributed by atoms with Crippen LogP contribution in [-0.2, 0) is 16.4 Å². The number of sulfonamides is 1. The average molecular weight is 433 g/mol. The Morgan fingerprint density at radius 3 is 2.48 bits per heavy atom. The van der Waals surface area contributed by atoms with Crippen molar-refractivity contribution in [2.75, 3.05) is 32.7 Å². The molecule has 0 amide bonds. The minimum atomic E-state index is -3.41. The highest BCUT2D eigenvalue weighted by Crippen LogP contribution is 2.28. The highest BCUT2D eigenvalue weighted by Gasteiger charge is 2.30. The molecule has 1 fully saturated rings. The lowest BCUT2D eigenvalue weighted by atomic mass is 10.2. The number of thiophene rings is 1. The predicted molar refractivity (Wildman–Crippen MR) is 112 cm³/mol. The van der Waals surface area contributed by atoms with Gasteiger partial charge in [-0.05, 0) is 19.9 Å². The van der Waals surface area contributed by atoms with E-state index in [1.165, 1.54) is 11.3 Å². The molecule has 2 aromatic heterocycles. The summed E-state index contributed by atoms with van der Waals surface area (Å²) in [5.74, 6) is 1.20. The normalized spacial score (nSPS) is 16.3. The number of hydrogen-bond acceptors (Lipinski definition) is 7. The monoisotopic (exact) mass is 432 g/mol. The van der Waals surface area contributed by atoms with E-state index in [-0.39, 0.29) is 0 Å². The van der Waals surface area contributed by atoms with Crippen molar-refractivity contribution >= 4 is 21.4 Å². The van der Waals surface area contributed by atoms with Crippen molar-refractivity contribution in [2.24, 2.45) is 0 Å². The summed E-state index contributed by atoms with van der Waals surface area (Å²) in [4.78, 5) is 9.03. The van der Waals surface area contributed by atoms with Gasteiger partial charge in [0, 0.05) is 54.5 Å². The maximum Gasteiger partial charge on any atom is 0.244 e. The van der Waals surface area contributed by atoms with Crippen molar-refractivity contribution in [1.29, 1.82) is 0 Å². The molecule has 0 unspecified atom stereocenters. The number of nitrogens with zero attached hydrogens (tertiary/aromatic N) is 4. The van der Waals surface area contributed by atoms with Crippen LogP contribution in [0.2, 0.25) is 0 Å². The molecule has 0 radical (unpaired) electrons. The highest BCUT2D eigenvalue weighted by atomic mass is 32.2. The van der Waals surface area contributed by atoms with Crippen molar-refractivity contribution in [1.82, 2.24) is 19.3 Å². The van der Waals surface area contributed by atoms with E-state index in [1.807, 2.05) is 44.2 Å². The van der Waals surface area contributed by atoms with E-state index in [0.29, 0.717) is 49.2 Å². The van der Waals surface area contributed by atoms with E-state index in [1.54, 1.807) is 10.4 Å². The van der Waals surface area contributed by atoms with Crippen LogP contribution in [0.1, 0.15) is 15.6 Å². The van der Waals surface area contributed by atoms with Crippen LogP contribution >= 0.6 is 11.3 Å². The summed E-state index contributed by atoms with van der Waals surface area (Å²) in [6, 6.07) is 11.5. The van der Waals surface area contributed by atoms with Crippen LogP contribution in [0, 0.1) is 13.8 Å². The van der Waals surface area contributed by atoms with Crippen LogP contribution in [0.15, 0.2) is 45.8 Å². The molecular weight excluding hydrogens is 408 g/mol. The van der Waals surface area contributed by atoms with Gasteiger partial charge in [0.25, 0.3) is 0 Å². The number of aromatic nitrogens is 2. The van der Waals surface area contributed by atoms with Crippen LogP contribution in [0.3, 0.4) is 0 Å². The lowest BCUT2D eigenvalue weighted by molar-refractivity contribution is 0.185. The molecule has 1 aromatic carbocycles. The smallest absolute Gasteiger partial charge is 0.244 e. The van der Waals surface area contributed by atoms with Crippen molar-refractivity contribution in [3.8, 4) is 11.4 Å². The van der Waals surface area contributed by atoms with Gasteiger partial charge in [-0.2, -0.15) is 9.29 Å². The van der Waals surface area contributed by atoms with Crippen molar-refractivity contribution < 1.29 is 12.9 Å². The number of benzene rings is 1. The molecule has 0 N–H and O–H groups in total. The molecule has 1 saturated heterocycles. The fourth-order valence-corrected chi connectivity index (χ4v) is 6.46. The number of aryl methyl sites for hydroxylation is 2. The second-order valence-corrected chi connectivity index (χ2v) is 10.5. The van der Waals surface area contributed by atoms with E-state index in [0.717, 1.165) is 21.9 Å². The quantitative estimate of drug-likeness (QED) is 0.596. The summed E-state index contributed by atoms with van der Waals surface area (Å²) in [5, 5.41) is 4.05. The van der Waals surface area contributed by atoms with Gasteiger partial charge in [-0.3, -0.25) is 0 Å². The first kappa shape index (κ1) is 20.2. The molecule has 1 aliphatic rings. The van der Waals surface area contributed by atoms with Crippen molar-refractivity contribution in [3.05, 3.63) is 52.0 Å². The summed E-state index contributed by atoms with van der Waals surface area (Å²) >= 11 is 1.53. The molecule has 3 heterocycles. The Hall–Kier alpha value is -2.07. The van der Waals surface area contributed by atoms with Gasteiger partial charge in [0.05, 0.1) is 4.90 Å². The second-order valence-electron chi connectivity index (χ2n) is 7.15. The largest absolute Gasteiger partial charge is 0.339 e. The Labute approximate surface area is 175 Å². The van der Waals surface area contributed by atoms with Gasteiger partial charge in [0.1, 0.15) is 0 Å². The Morgan fingerprint density at radius 1 is 1.10 bits per heavy atom. The first-order chi connectivity index (χ1) is 13.9. The van der Waals surface area contributed by atoms with Crippen LogP contribution in [0.25, 0.3) is 11.4 Å². The van der Waals surface area contributed by atoms with Gasteiger partial charge in [0.2, 0.25) is 21.7 Å².